The zero-order valence-corrected chi connectivity index (χ0v) is 17.5. The van der Waals surface area contributed by atoms with Crippen molar-refractivity contribution in [3.63, 3.8) is 0 Å². The standard InChI is InChI=1S/C24H22N4O4/c1-27-13-25-21(22(27)15-4-2-14(12-29)3-5-15)16-6-7-18-17(10-16)11-28(24(18)32)19-8-9-20(30)26-23(19)31/h2-7,10,13,19,29H,8-9,11-12H2,1H3,(H,26,30,31). The summed E-state index contributed by atoms with van der Waals surface area (Å²) in [6.07, 6.45) is 2.32. The minimum atomic E-state index is -0.633. The smallest absolute Gasteiger partial charge is 0.255 e. The van der Waals surface area contributed by atoms with Crippen molar-refractivity contribution in [3.8, 4) is 22.5 Å². The van der Waals surface area contributed by atoms with Crippen LogP contribution in [0.4, 0.5) is 0 Å². The Morgan fingerprint density at radius 3 is 2.56 bits per heavy atom. The molecule has 3 heterocycles. The molecule has 2 N–H and O–H groups in total. The van der Waals surface area contributed by atoms with Gasteiger partial charge in [-0.1, -0.05) is 30.3 Å². The Kier molecular flexibility index (Phi) is 4.86. The third kappa shape index (κ3) is 3.29. The number of aliphatic hydroxyl groups is 1. The van der Waals surface area contributed by atoms with Crippen LogP contribution in [0.15, 0.2) is 48.8 Å². The van der Waals surface area contributed by atoms with Gasteiger partial charge in [0.2, 0.25) is 11.8 Å². The molecule has 8 heteroatoms. The van der Waals surface area contributed by atoms with E-state index in [1.165, 1.54) is 0 Å². The van der Waals surface area contributed by atoms with Crippen molar-refractivity contribution in [1.29, 1.82) is 0 Å². The molecule has 1 unspecified atom stereocenters. The number of hydrogen-bond acceptors (Lipinski definition) is 5. The van der Waals surface area contributed by atoms with E-state index < -0.39 is 11.9 Å². The summed E-state index contributed by atoms with van der Waals surface area (Å²) in [6, 6.07) is 12.6. The lowest BCUT2D eigenvalue weighted by atomic mass is 10.00. The molecule has 0 aliphatic carbocycles. The van der Waals surface area contributed by atoms with Gasteiger partial charge in [-0.2, -0.15) is 0 Å². The minimum absolute atomic E-state index is 0.0128. The summed E-state index contributed by atoms with van der Waals surface area (Å²) >= 11 is 0. The summed E-state index contributed by atoms with van der Waals surface area (Å²) in [5.41, 5.74) is 5.82. The van der Waals surface area contributed by atoms with Gasteiger partial charge in [0.15, 0.2) is 0 Å². The van der Waals surface area contributed by atoms with Crippen molar-refractivity contribution in [3.05, 3.63) is 65.5 Å². The molecular weight excluding hydrogens is 408 g/mol. The highest BCUT2D eigenvalue weighted by molar-refractivity contribution is 6.05. The highest BCUT2D eigenvalue weighted by atomic mass is 16.3. The van der Waals surface area contributed by atoms with E-state index in [-0.39, 0.29) is 24.8 Å². The van der Waals surface area contributed by atoms with Gasteiger partial charge >= 0.3 is 0 Å². The average molecular weight is 430 g/mol. The molecule has 2 aliphatic rings. The average Bonchev–Trinajstić information content (AvgIpc) is 3.33. The number of aryl methyl sites for hydroxylation is 1. The van der Waals surface area contributed by atoms with Gasteiger partial charge in [0.05, 0.1) is 24.3 Å². The Hall–Kier alpha value is -3.78. The monoisotopic (exact) mass is 430 g/mol. The van der Waals surface area contributed by atoms with Crippen LogP contribution in [0.3, 0.4) is 0 Å². The molecule has 1 aromatic heterocycles. The van der Waals surface area contributed by atoms with E-state index in [1.807, 2.05) is 48.0 Å². The lowest BCUT2D eigenvalue weighted by molar-refractivity contribution is -0.136. The fourth-order valence-electron chi connectivity index (χ4n) is 4.47. The second-order valence-corrected chi connectivity index (χ2v) is 8.18. The maximum Gasteiger partial charge on any atom is 0.255 e. The van der Waals surface area contributed by atoms with Gasteiger partial charge in [-0.3, -0.25) is 19.7 Å². The fraction of sp³-hybridized carbons (Fsp3) is 0.250. The van der Waals surface area contributed by atoms with E-state index in [2.05, 4.69) is 10.3 Å². The van der Waals surface area contributed by atoms with E-state index in [9.17, 15) is 19.5 Å². The normalized spacial score (nSPS) is 18.1. The number of benzene rings is 2. The molecule has 2 aromatic carbocycles. The number of aromatic nitrogens is 2. The van der Waals surface area contributed by atoms with Crippen molar-refractivity contribution in [2.75, 3.05) is 0 Å². The van der Waals surface area contributed by atoms with Gasteiger partial charge in [0.1, 0.15) is 6.04 Å². The summed E-state index contributed by atoms with van der Waals surface area (Å²) in [4.78, 5) is 42.8. The van der Waals surface area contributed by atoms with E-state index in [4.69, 9.17) is 0 Å². The van der Waals surface area contributed by atoms with Crippen LogP contribution < -0.4 is 5.32 Å². The van der Waals surface area contributed by atoms with Crippen LogP contribution in [-0.2, 0) is 29.8 Å². The molecule has 32 heavy (non-hydrogen) atoms. The van der Waals surface area contributed by atoms with Crippen LogP contribution in [0.1, 0.15) is 34.3 Å². The first kappa shape index (κ1) is 20.1. The number of hydrogen-bond donors (Lipinski definition) is 2. The first-order valence-corrected chi connectivity index (χ1v) is 10.5. The van der Waals surface area contributed by atoms with Gasteiger partial charge in [-0.15, -0.1) is 0 Å². The van der Waals surface area contributed by atoms with E-state index in [0.29, 0.717) is 18.5 Å². The number of carbonyl (C=O) groups is 3. The van der Waals surface area contributed by atoms with Crippen molar-refractivity contribution in [2.45, 2.75) is 32.0 Å². The maximum absolute atomic E-state index is 12.9. The van der Waals surface area contributed by atoms with Crippen LogP contribution in [0.2, 0.25) is 0 Å². The molecule has 2 aliphatic heterocycles. The Morgan fingerprint density at radius 2 is 1.84 bits per heavy atom. The van der Waals surface area contributed by atoms with Gasteiger partial charge < -0.3 is 14.6 Å². The lowest BCUT2D eigenvalue weighted by Crippen LogP contribution is -2.52. The van der Waals surface area contributed by atoms with Crippen LogP contribution in [0.5, 0.6) is 0 Å². The van der Waals surface area contributed by atoms with E-state index >= 15 is 0 Å². The summed E-state index contributed by atoms with van der Waals surface area (Å²) < 4.78 is 1.94. The quantitative estimate of drug-likeness (QED) is 0.616. The van der Waals surface area contributed by atoms with Crippen LogP contribution >= 0.6 is 0 Å². The zero-order chi connectivity index (χ0) is 22.4. The molecular formula is C24H22N4O4. The Bertz CT molecular complexity index is 1250. The van der Waals surface area contributed by atoms with Gasteiger partial charge in [0.25, 0.3) is 5.91 Å². The number of imide groups is 1. The SMILES string of the molecule is Cn1cnc(-c2ccc3c(c2)CN(C2CCC(=O)NC2=O)C3=O)c1-c1ccc(CO)cc1. The number of amides is 3. The van der Waals surface area contributed by atoms with Gasteiger partial charge in [-0.05, 0) is 29.7 Å². The van der Waals surface area contributed by atoms with E-state index in [1.54, 1.807) is 17.3 Å². The highest BCUT2D eigenvalue weighted by Crippen LogP contribution is 2.35. The minimum Gasteiger partial charge on any atom is -0.392 e. The first-order valence-electron chi connectivity index (χ1n) is 10.5. The zero-order valence-electron chi connectivity index (χ0n) is 17.5. The van der Waals surface area contributed by atoms with Crippen LogP contribution in [-0.4, -0.2) is 43.3 Å². The predicted octanol–water partition coefficient (Wildman–Crippen LogP) is 2.01. The largest absolute Gasteiger partial charge is 0.392 e. The number of fused-ring (bicyclic) bond motifs is 1. The van der Waals surface area contributed by atoms with Crippen LogP contribution in [0, 0.1) is 0 Å². The van der Waals surface area contributed by atoms with Crippen LogP contribution in [0.25, 0.3) is 22.5 Å². The van der Waals surface area contributed by atoms with Crippen molar-refractivity contribution < 1.29 is 19.5 Å². The summed E-state index contributed by atoms with van der Waals surface area (Å²) in [7, 11) is 1.92. The molecule has 0 saturated carbocycles. The number of piperidine rings is 1. The number of nitrogens with one attached hydrogen (secondary N) is 1. The van der Waals surface area contributed by atoms with Crippen molar-refractivity contribution >= 4 is 17.7 Å². The molecule has 0 bridgehead atoms. The summed E-state index contributed by atoms with van der Waals surface area (Å²) in [5, 5.41) is 11.6. The maximum atomic E-state index is 12.9. The first-order chi connectivity index (χ1) is 15.5. The molecule has 0 spiro atoms. The number of imidazole rings is 1. The topological polar surface area (TPSA) is 105 Å². The van der Waals surface area contributed by atoms with Gasteiger partial charge in [0, 0.05) is 36.7 Å². The molecule has 162 valence electrons. The number of nitrogens with zero attached hydrogens (tertiary/aromatic N) is 3. The molecule has 0 radical (unpaired) electrons. The van der Waals surface area contributed by atoms with Gasteiger partial charge in [-0.25, -0.2) is 4.98 Å². The van der Waals surface area contributed by atoms with Crippen molar-refractivity contribution in [1.82, 2.24) is 19.8 Å². The molecule has 3 amide bonds. The highest BCUT2D eigenvalue weighted by Gasteiger charge is 2.39. The Balaban J connectivity index is 1.47. The molecule has 8 nitrogen and oxygen atoms in total. The Labute approximate surface area is 184 Å². The molecule has 1 fully saturated rings. The van der Waals surface area contributed by atoms with E-state index in [0.717, 1.165) is 33.6 Å². The number of carbonyl (C=O) groups excluding carboxylic acids is 3. The predicted molar refractivity (Wildman–Crippen MR) is 116 cm³/mol. The lowest BCUT2D eigenvalue weighted by Gasteiger charge is -2.29. The second kappa shape index (κ2) is 7.72. The summed E-state index contributed by atoms with van der Waals surface area (Å²) in [6.45, 7) is 0.308. The summed E-state index contributed by atoms with van der Waals surface area (Å²) in [5.74, 6) is -0.907. The fourth-order valence-corrected chi connectivity index (χ4v) is 4.47. The number of rotatable bonds is 4. The molecule has 3 aromatic rings. The third-order valence-electron chi connectivity index (χ3n) is 6.14. The second-order valence-electron chi connectivity index (χ2n) is 8.18. The number of aliphatic hydroxyl groups excluding tert-OH is 1. The molecule has 5 rings (SSSR count). The molecule has 1 saturated heterocycles. The third-order valence-corrected chi connectivity index (χ3v) is 6.14. The molecule has 1 atom stereocenters. The Morgan fingerprint density at radius 1 is 1.09 bits per heavy atom. The van der Waals surface area contributed by atoms with Crippen molar-refractivity contribution in [2.24, 2.45) is 7.05 Å².